The lowest BCUT2D eigenvalue weighted by atomic mass is 10.1. The molecule has 3 heterocycles. The van der Waals surface area contributed by atoms with Crippen LogP contribution in [0.3, 0.4) is 0 Å². The minimum Gasteiger partial charge on any atom is -0.296 e. The van der Waals surface area contributed by atoms with E-state index in [-0.39, 0.29) is 11.8 Å². The molecule has 0 aromatic carbocycles. The molecule has 7 heteroatoms. The molecule has 1 aliphatic rings. The number of nitrogens with zero attached hydrogens (tertiary/aromatic N) is 5. The summed E-state index contributed by atoms with van der Waals surface area (Å²) < 4.78 is 6.38. The molecular weight excluding hydrogens is 222 g/mol. The van der Waals surface area contributed by atoms with Crippen LogP contribution in [0.1, 0.15) is 31.1 Å². The average Bonchev–Trinajstić information content (AvgIpc) is 2.88. The highest BCUT2D eigenvalue weighted by atomic mass is 16.5. The van der Waals surface area contributed by atoms with Crippen LogP contribution in [0.4, 0.5) is 0 Å². The zero-order valence-electron chi connectivity index (χ0n) is 9.32. The normalized spacial score (nSPS) is 19.9. The first kappa shape index (κ1) is 10.2. The van der Waals surface area contributed by atoms with Crippen molar-refractivity contribution in [3.63, 3.8) is 0 Å². The Morgan fingerprint density at radius 2 is 2.18 bits per heavy atom. The smallest absolute Gasteiger partial charge is 0.296 e. The van der Waals surface area contributed by atoms with Gasteiger partial charge in [-0.05, 0) is 12.8 Å². The van der Waals surface area contributed by atoms with E-state index in [0.29, 0.717) is 6.54 Å². The Hall–Kier alpha value is -1.92. The average molecular weight is 235 g/mol. The van der Waals surface area contributed by atoms with E-state index in [0.717, 1.165) is 31.5 Å². The van der Waals surface area contributed by atoms with Crippen LogP contribution in [0, 0.1) is 0 Å². The fourth-order valence-corrected chi connectivity index (χ4v) is 2.30. The summed E-state index contributed by atoms with van der Waals surface area (Å²) in [6.07, 6.45) is 7.11. The van der Waals surface area contributed by atoms with Gasteiger partial charge in [-0.3, -0.25) is 9.09 Å². The third kappa shape index (κ3) is 1.88. The molecular formula is C10H13N5O2. The summed E-state index contributed by atoms with van der Waals surface area (Å²) in [5.41, 5.74) is 0. The van der Waals surface area contributed by atoms with Crippen molar-refractivity contribution in [2.75, 3.05) is 0 Å². The van der Waals surface area contributed by atoms with Crippen LogP contribution in [-0.2, 0) is 13.0 Å². The van der Waals surface area contributed by atoms with Gasteiger partial charge < -0.3 is 0 Å². The first-order valence-electron chi connectivity index (χ1n) is 5.76. The van der Waals surface area contributed by atoms with Crippen LogP contribution in [0.2, 0.25) is 0 Å². The summed E-state index contributed by atoms with van der Waals surface area (Å²) in [5, 5.41) is 12.0. The lowest BCUT2D eigenvalue weighted by molar-refractivity contribution is 0.321. The van der Waals surface area contributed by atoms with Crippen LogP contribution < -0.4 is 5.76 Å². The molecule has 0 spiro atoms. The minimum absolute atomic E-state index is 0.0404. The van der Waals surface area contributed by atoms with E-state index in [2.05, 4.69) is 15.4 Å². The molecule has 7 nitrogen and oxygen atoms in total. The Balaban J connectivity index is 1.93. The van der Waals surface area contributed by atoms with Crippen molar-refractivity contribution < 1.29 is 4.52 Å². The van der Waals surface area contributed by atoms with Crippen molar-refractivity contribution in [2.45, 2.75) is 38.3 Å². The van der Waals surface area contributed by atoms with Crippen LogP contribution in [0.25, 0.3) is 0 Å². The summed E-state index contributed by atoms with van der Waals surface area (Å²) in [4.78, 5) is 13.2. The molecule has 0 saturated carbocycles. The van der Waals surface area contributed by atoms with Gasteiger partial charge in [-0.2, -0.15) is 15.0 Å². The van der Waals surface area contributed by atoms with Gasteiger partial charge in [-0.1, -0.05) is 11.6 Å². The fraction of sp³-hybridized carbons (Fsp3) is 0.600. The van der Waals surface area contributed by atoms with Crippen molar-refractivity contribution in [2.24, 2.45) is 0 Å². The van der Waals surface area contributed by atoms with Crippen molar-refractivity contribution in [1.82, 2.24) is 24.7 Å². The molecule has 0 saturated heterocycles. The van der Waals surface area contributed by atoms with E-state index >= 15 is 0 Å². The Labute approximate surface area is 97.0 Å². The zero-order chi connectivity index (χ0) is 11.7. The highest BCUT2D eigenvalue weighted by molar-refractivity contribution is 4.91. The van der Waals surface area contributed by atoms with Gasteiger partial charge in [0.25, 0.3) is 0 Å². The summed E-state index contributed by atoms with van der Waals surface area (Å²) >= 11 is 0. The molecule has 90 valence electrons. The molecule has 0 bridgehead atoms. The third-order valence-electron chi connectivity index (χ3n) is 3.10. The van der Waals surface area contributed by atoms with Gasteiger partial charge >= 0.3 is 5.76 Å². The van der Waals surface area contributed by atoms with Gasteiger partial charge in [0.1, 0.15) is 0 Å². The van der Waals surface area contributed by atoms with E-state index < -0.39 is 0 Å². The van der Waals surface area contributed by atoms with Gasteiger partial charge in [-0.15, -0.1) is 0 Å². The van der Waals surface area contributed by atoms with Crippen LogP contribution >= 0.6 is 0 Å². The molecule has 0 radical (unpaired) electrons. The summed E-state index contributed by atoms with van der Waals surface area (Å²) in [5.74, 6) is 0.365. The first-order chi connectivity index (χ1) is 8.34. The second-order valence-electron chi connectivity index (χ2n) is 4.22. The molecule has 0 fully saturated rings. The Bertz CT molecular complexity index is 541. The molecule has 17 heavy (non-hydrogen) atoms. The Morgan fingerprint density at radius 3 is 3.00 bits per heavy atom. The maximum atomic E-state index is 11.6. The standard InChI is InChI=1S/C10H13N5O2/c16-10-15-8(7-14-11-5-6-12-14)3-1-2-4-9(15)13-17-10/h5-6,8H,1-4,7H2. The largest absolute Gasteiger partial charge is 0.441 e. The van der Waals surface area contributed by atoms with E-state index in [1.165, 1.54) is 0 Å². The predicted octanol–water partition coefficient (Wildman–Crippen LogP) is 0.395. The highest BCUT2D eigenvalue weighted by Crippen LogP contribution is 2.22. The number of hydrogen-bond donors (Lipinski definition) is 0. The highest BCUT2D eigenvalue weighted by Gasteiger charge is 2.23. The van der Waals surface area contributed by atoms with Crippen LogP contribution in [0.5, 0.6) is 0 Å². The van der Waals surface area contributed by atoms with Gasteiger partial charge in [0, 0.05) is 6.42 Å². The van der Waals surface area contributed by atoms with E-state index in [9.17, 15) is 4.79 Å². The van der Waals surface area contributed by atoms with Crippen molar-refractivity contribution in [1.29, 1.82) is 0 Å². The second-order valence-corrected chi connectivity index (χ2v) is 4.22. The fourth-order valence-electron chi connectivity index (χ4n) is 2.30. The first-order valence-corrected chi connectivity index (χ1v) is 5.76. The van der Waals surface area contributed by atoms with Crippen molar-refractivity contribution >= 4 is 0 Å². The Kier molecular flexibility index (Phi) is 2.50. The molecule has 0 aliphatic carbocycles. The number of aromatic nitrogens is 5. The molecule has 1 atom stereocenters. The SMILES string of the molecule is O=c1onc2n1C(Cn1nccn1)CCCC2. The molecule has 1 unspecified atom stereocenters. The molecule has 0 N–H and O–H groups in total. The zero-order valence-corrected chi connectivity index (χ0v) is 9.32. The van der Waals surface area contributed by atoms with E-state index in [4.69, 9.17) is 4.52 Å². The molecule has 3 rings (SSSR count). The molecule has 1 aliphatic heterocycles. The van der Waals surface area contributed by atoms with Gasteiger partial charge in [0.05, 0.1) is 25.0 Å². The van der Waals surface area contributed by atoms with Gasteiger partial charge in [-0.25, -0.2) is 4.79 Å². The summed E-state index contributed by atoms with van der Waals surface area (Å²) in [6.45, 7) is 0.584. The third-order valence-corrected chi connectivity index (χ3v) is 3.10. The van der Waals surface area contributed by atoms with E-state index in [1.807, 2.05) is 0 Å². The second kappa shape index (κ2) is 4.15. The topological polar surface area (TPSA) is 78.7 Å². The van der Waals surface area contributed by atoms with Gasteiger partial charge in [0.2, 0.25) is 0 Å². The molecule has 0 amide bonds. The maximum absolute atomic E-state index is 11.6. The number of hydrogen-bond acceptors (Lipinski definition) is 5. The number of fused-ring (bicyclic) bond motifs is 1. The predicted molar refractivity (Wildman–Crippen MR) is 57.4 cm³/mol. The van der Waals surface area contributed by atoms with Crippen molar-refractivity contribution in [3.8, 4) is 0 Å². The molecule has 2 aromatic heterocycles. The summed E-state index contributed by atoms with van der Waals surface area (Å²) in [7, 11) is 0. The summed E-state index contributed by atoms with van der Waals surface area (Å²) in [6, 6.07) is 0.0404. The Morgan fingerprint density at radius 1 is 1.35 bits per heavy atom. The number of rotatable bonds is 2. The van der Waals surface area contributed by atoms with Crippen LogP contribution in [0.15, 0.2) is 21.7 Å². The molecule has 2 aromatic rings. The maximum Gasteiger partial charge on any atom is 0.441 e. The lowest BCUT2D eigenvalue weighted by Gasteiger charge is -2.14. The number of aryl methyl sites for hydroxylation is 1. The van der Waals surface area contributed by atoms with Crippen LogP contribution in [-0.4, -0.2) is 24.7 Å². The van der Waals surface area contributed by atoms with Gasteiger partial charge in [0.15, 0.2) is 5.82 Å². The quantitative estimate of drug-likeness (QED) is 0.752. The minimum atomic E-state index is -0.376. The van der Waals surface area contributed by atoms with Crippen molar-refractivity contribution in [3.05, 3.63) is 28.8 Å². The lowest BCUT2D eigenvalue weighted by Crippen LogP contribution is -2.26. The van der Waals surface area contributed by atoms with E-state index in [1.54, 1.807) is 21.8 Å². The monoisotopic (exact) mass is 235 g/mol.